The van der Waals surface area contributed by atoms with Crippen molar-refractivity contribution in [3.63, 3.8) is 0 Å². The van der Waals surface area contributed by atoms with Crippen molar-refractivity contribution >= 4 is 11.7 Å². The smallest absolute Gasteiger partial charge is 0.322 e. The Hall–Kier alpha value is -1.75. The summed E-state index contributed by atoms with van der Waals surface area (Å²) in [4.78, 5) is 14.6. The van der Waals surface area contributed by atoms with Crippen LogP contribution in [0.5, 0.6) is 5.75 Å². The van der Waals surface area contributed by atoms with Crippen LogP contribution in [0, 0.1) is 5.92 Å². The van der Waals surface area contributed by atoms with Gasteiger partial charge in [0.25, 0.3) is 0 Å². The van der Waals surface area contributed by atoms with Crippen LogP contribution in [0.25, 0.3) is 0 Å². The van der Waals surface area contributed by atoms with Gasteiger partial charge in [0.15, 0.2) is 0 Å². The number of nitrogens with one attached hydrogen (secondary N) is 1. The molecule has 1 aliphatic heterocycles. The predicted octanol–water partition coefficient (Wildman–Crippen LogP) is 3.90. The number of hydrogen-bond acceptors (Lipinski definition) is 3. The number of unbranched alkanes of at least 4 members (excludes halogenated alkanes) is 1. The third-order valence-electron chi connectivity index (χ3n) is 4.85. The fourth-order valence-electron chi connectivity index (χ4n) is 3.23. The van der Waals surface area contributed by atoms with Gasteiger partial charge in [-0.15, -0.1) is 0 Å². The molecule has 1 N–H and O–H groups in total. The summed E-state index contributed by atoms with van der Waals surface area (Å²) >= 11 is 0. The molecule has 1 heterocycles. The largest absolute Gasteiger partial charge is 0.497 e. The Kier molecular flexibility index (Phi) is 5.61. The molecule has 1 aliphatic carbocycles. The Labute approximate surface area is 144 Å². The number of nitrogens with zero attached hydrogens (tertiary/aromatic N) is 1. The minimum Gasteiger partial charge on any atom is -0.497 e. The van der Waals surface area contributed by atoms with Gasteiger partial charge in [-0.1, -0.05) is 19.8 Å². The van der Waals surface area contributed by atoms with Gasteiger partial charge in [-0.05, 0) is 49.4 Å². The third-order valence-corrected chi connectivity index (χ3v) is 4.85. The van der Waals surface area contributed by atoms with Crippen LogP contribution in [-0.4, -0.2) is 43.3 Å². The van der Waals surface area contributed by atoms with Gasteiger partial charge in [-0.25, -0.2) is 4.79 Å². The molecule has 5 heteroatoms. The minimum absolute atomic E-state index is 0.0318. The first-order chi connectivity index (χ1) is 11.7. The van der Waals surface area contributed by atoms with E-state index in [4.69, 9.17) is 9.47 Å². The van der Waals surface area contributed by atoms with Crippen LogP contribution in [0.15, 0.2) is 24.3 Å². The number of carbonyl (C=O) groups excluding carboxylic acids is 1. The number of carbonyl (C=O) groups is 1. The van der Waals surface area contributed by atoms with E-state index in [0.29, 0.717) is 19.0 Å². The number of amides is 2. The lowest BCUT2D eigenvalue weighted by atomic mass is 10.1. The number of morpholine rings is 1. The van der Waals surface area contributed by atoms with E-state index in [1.807, 2.05) is 29.2 Å². The van der Waals surface area contributed by atoms with Crippen LogP contribution >= 0.6 is 0 Å². The zero-order chi connectivity index (χ0) is 16.9. The van der Waals surface area contributed by atoms with E-state index in [9.17, 15) is 4.79 Å². The van der Waals surface area contributed by atoms with Gasteiger partial charge in [0.05, 0.1) is 19.3 Å². The molecule has 0 bridgehead atoms. The second-order valence-corrected chi connectivity index (χ2v) is 6.84. The number of ether oxygens (including phenoxy) is 2. The molecular weight excluding hydrogens is 304 g/mol. The quantitative estimate of drug-likeness (QED) is 0.859. The molecule has 2 fully saturated rings. The number of anilines is 1. The first-order valence-corrected chi connectivity index (χ1v) is 9.05. The summed E-state index contributed by atoms with van der Waals surface area (Å²) < 4.78 is 11.4. The number of hydrogen-bond donors (Lipinski definition) is 1. The summed E-state index contributed by atoms with van der Waals surface area (Å²) in [6.07, 6.45) is 6.19. The summed E-state index contributed by atoms with van der Waals surface area (Å²) in [6.45, 7) is 3.58. The standard InChI is InChI=1S/C19H28N2O3/c1-3-4-5-17-12-21(13-18(24-17)14-6-7-14)19(22)20-15-8-10-16(23-2)11-9-15/h8-11,14,17-18H,3-7,12-13H2,1-2H3,(H,20,22)/t17-,18-/m1/s1. The molecule has 5 nitrogen and oxygen atoms in total. The first-order valence-electron chi connectivity index (χ1n) is 9.05. The maximum atomic E-state index is 12.7. The number of rotatable bonds is 6. The highest BCUT2D eigenvalue weighted by Crippen LogP contribution is 2.37. The molecular formula is C19H28N2O3. The van der Waals surface area contributed by atoms with E-state index in [1.165, 1.54) is 12.8 Å². The molecule has 1 saturated carbocycles. The molecule has 3 rings (SSSR count). The highest BCUT2D eigenvalue weighted by atomic mass is 16.5. The summed E-state index contributed by atoms with van der Waals surface area (Å²) in [6, 6.07) is 7.40. The van der Waals surface area contributed by atoms with Crippen LogP contribution in [0.2, 0.25) is 0 Å². The molecule has 0 aromatic heterocycles. The predicted molar refractivity (Wildman–Crippen MR) is 94.5 cm³/mol. The van der Waals surface area contributed by atoms with Crippen LogP contribution < -0.4 is 10.1 Å². The normalized spacial score (nSPS) is 23.8. The average molecular weight is 332 g/mol. The summed E-state index contributed by atoms with van der Waals surface area (Å²) in [5.41, 5.74) is 0.792. The molecule has 1 aromatic carbocycles. The molecule has 24 heavy (non-hydrogen) atoms. The molecule has 2 aliphatic rings. The summed E-state index contributed by atoms with van der Waals surface area (Å²) in [7, 11) is 1.63. The van der Waals surface area contributed by atoms with Crippen LogP contribution in [0.1, 0.15) is 39.0 Å². The van der Waals surface area contributed by atoms with E-state index in [-0.39, 0.29) is 18.2 Å². The van der Waals surface area contributed by atoms with Gasteiger partial charge in [-0.2, -0.15) is 0 Å². The van der Waals surface area contributed by atoms with E-state index in [2.05, 4.69) is 12.2 Å². The molecule has 2 atom stereocenters. The molecule has 2 amide bonds. The maximum Gasteiger partial charge on any atom is 0.322 e. The number of benzene rings is 1. The topological polar surface area (TPSA) is 50.8 Å². The Morgan fingerprint density at radius 3 is 2.67 bits per heavy atom. The Balaban J connectivity index is 1.60. The molecule has 0 spiro atoms. The third kappa shape index (κ3) is 4.41. The second-order valence-electron chi connectivity index (χ2n) is 6.84. The van der Waals surface area contributed by atoms with Gasteiger partial charge < -0.3 is 19.7 Å². The van der Waals surface area contributed by atoms with Crippen molar-refractivity contribution in [1.82, 2.24) is 4.90 Å². The molecule has 132 valence electrons. The lowest BCUT2D eigenvalue weighted by molar-refractivity contribution is -0.0836. The van der Waals surface area contributed by atoms with Crippen molar-refractivity contribution in [3.8, 4) is 5.75 Å². The zero-order valence-corrected chi connectivity index (χ0v) is 14.7. The van der Waals surface area contributed by atoms with E-state index in [1.54, 1.807) is 7.11 Å². The lowest BCUT2D eigenvalue weighted by Crippen LogP contribution is -2.52. The van der Waals surface area contributed by atoms with Crippen molar-refractivity contribution in [3.05, 3.63) is 24.3 Å². The summed E-state index contributed by atoms with van der Waals surface area (Å²) in [5, 5.41) is 3.00. The van der Waals surface area contributed by atoms with Gasteiger partial charge >= 0.3 is 6.03 Å². The lowest BCUT2D eigenvalue weighted by Gasteiger charge is -2.38. The fourth-order valence-corrected chi connectivity index (χ4v) is 3.23. The molecule has 1 aromatic rings. The summed E-state index contributed by atoms with van der Waals surface area (Å²) in [5.74, 6) is 1.43. The number of methoxy groups -OCH3 is 1. The van der Waals surface area contributed by atoms with E-state index < -0.39 is 0 Å². The first kappa shape index (κ1) is 17.1. The van der Waals surface area contributed by atoms with Crippen molar-refractivity contribution in [2.75, 3.05) is 25.5 Å². The van der Waals surface area contributed by atoms with Crippen molar-refractivity contribution < 1.29 is 14.3 Å². The van der Waals surface area contributed by atoms with Crippen molar-refractivity contribution in [1.29, 1.82) is 0 Å². The Bertz CT molecular complexity index is 542. The molecule has 1 saturated heterocycles. The van der Waals surface area contributed by atoms with Gasteiger partial charge in [0.1, 0.15) is 5.75 Å². The van der Waals surface area contributed by atoms with Crippen molar-refractivity contribution in [2.24, 2.45) is 5.92 Å². The van der Waals surface area contributed by atoms with E-state index in [0.717, 1.165) is 30.7 Å². The maximum absolute atomic E-state index is 12.7. The number of urea groups is 1. The minimum atomic E-state index is -0.0318. The average Bonchev–Trinajstić information content (AvgIpc) is 3.45. The SMILES string of the molecule is CCCC[C@@H]1CN(C(=O)Nc2ccc(OC)cc2)C[C@H](C2CC2)O1. The van der Waals surface area contributed by atoms with Gasteiger partial charge in [-0.3, -0.25) is 0 Å². The monoisotopic (exact) mass is 332 g/mol. The van der Waals surface area contributed by atoms with Gasteiger partial charge in [0, 0.05) is 18.8 Å². The van der Waals surface area contributed by atoms with Gasteiger partial charge in [0.2, 0.25) is 0 Å². The van der Waals surface area contributed by atoms with E-state index >= 15 is 0 Å². The van der Waals surface area contributed by atoms with Crippen LogP contribution in [0.4, 0.5) is 10.5 Å². The van der Waals surface area contributed by atoms with Crippen LogP contribution in [0.3, 0.4) is 0 Å². The highest BCUT2D eigenvalue weighted by molar-refractivity contribution is 5.89. The Morgan fingerprint density at radius 2 is 2.04 bits per heavy atom. The van der Waals surface area contributed by atoms with Crippen molar-refractivity contribution in [2.45, 2.75) is 51.2 Å². The molecule has 0 unspecified atom stereocenters. The zero-order valence-electron chi connectivity index (χ0n) is 14.7. The fraction of sp³-hybridized carbons (Fsp3) is 0.632. The Morgan fingerprint density at radius 1 is 1.29 bits per heavy atom. The second kappa shape index (κ2) is 7.88. The highest BCUT2D eigenvalue weighted by Gasteiger charge is 2.39. The van der Waals surface area contributed by atoms with Crippen LogP contribution in [-0.2, 0) is 4.74 Å². The molecule has 0 radical (unpaired) electrons.